The molecule has 1 heterocycles. The Hall–Kier alpha value is -0.710. The molecular formula is C16H22INO5S. The number of piperidine rings is 1. The van der Waals surface area contributed by atoms with Gasteiger partial charge in [-0.15, -0.1) is 0 Å². The second kappa shape index (κ2) is 8.11. The number of rotatable bonds is 5. The number of hydrogen-bond acceptors (Lipinski definition) is 5. The number of nitrogens with zero attached hydrogens (tertiary/aromatic N) is 1. The minimum absolute atomic E-state index is 0.0891. The van der Waals surface area contributed by atoms with Crippen molar-refractivity contribution in [3.05, 3.63) is 29.8 Å². The van der Waals surface area contributed by atoms with Crippen LogP contribution in [0.15, 0.2) is 29.2 Å². The Kier molecular flexibility index (Phi) is 6.63. The van der Waals surface area contributed by atoms with Crippen molar-refractivity contribution in [2.45, 2.75) is 28.8 Å². The maximum Gasteiger partial charge on any atom is 0.305 e. The number of methoxy groups -OCH3 is 1. The summed E-state index contributed by atoms with van der Waals surface area (Å²) in [5.41, 5.74) is 0.992. The summed E-state index contributed by atoms with van der Waals surface area (Å²) in [7, 11) is -2.27. The van der Waals surface area contributed by atoms with E-state index in [0.717, 1.165) is 5.56 Å². The zero-order valence-corrected chi connectivity index (χ0v) is 16.7. The van der Waals surface area contributed by atoms with Crippen LogP contribution >= 0.6 is 22.6 Å². The fourth-order valence-electron chi connectivity index (χ4n) is 2.94. The summed E-state index contributed by atoms with van der Waals surface area (Å²) >= 11 is 1.87. The number of ether oxygens (including phenoxy) is 1. The largest absolute Gasteiger partial charge is 0.469 e. The van der Waals surface area contributed by atoms with E-state index in [1.165, 1.54) is 11.4 Å². The molecule has 1 N–H and O–H groups in total. The van der Waals surface area contributed by atoms with Gasteiger partial charge in [0, 0.05) is 25.4 Å². The lowest BCUT2D eigenvalue weighted by atomic mass is 9.84. The van der Waals surface area contributed by atoms with E-state index in [9.17, 15) is 18.3 Å². The van der Waals surface area contributed by atoms with Gasteiger partial charge in [0.15, 0.2) is 0 Å². The van der Waals surface area contributed by atoms with E-state index in [2.05, 4.69) is 0 Å². The predicted molar refractivity (Wildman–Crippen MR) is 98.2 cm³/mol. The molecule has 24 heavy (non-hydrogen) atoms. The Bertz CT molecular complexity index is 674. The van der Waals surface area contributed by atoms with Gasteiger partial charge in [-0.2, -0.15) is 4.31 Å². The number of sulfonamides is 1. The van der Waals surface area contributed by atoms with Gasteiger partial charge < -0.3 is 9.84 Å². The second-order valence-corrected chi connectivity index (χ2v) is 9.26. The minimum Gasteiger partial charge on any atom is -0.469 e. The van der Waals surface area contributed by atoms with E-state index in [-0.39, 0.29) is 35.7 Å². The lowest BCUT2D eigenvalue weighted by Crippen LogP contribution is -2.47. The second-order valence-electron chi connectivity index (χ2n) is 6.04. The molecular weight excluding hydrogens is 445 g/mol. The standard InChI is InChI=1S/C16H22INO5S/c1-11-3-5-13(6-4-11)24(21,22)18-8-7-12(9-15(19)23-2)14(10-18)16(17)20/h3-6,12,14,16,20H,7-10H2,1-2H3/t12?,14?,16-/m1/s1. The number of hydrogen-bond donors (Lipinski definition) is 1. The van der Waals surface area contributed by atoms with Crippen LogP contribution < -0.4 is 0 Å². The molecule has 0 aliphatic carbocycles. The molecule has 0 saturated carbocycles. The highest BCUT2D eigenvalue weighted by Crippen LogP contribution is 2.34. The third-order valence-electron chi connectivity index (χ3n) is 4.44. The number of benzene rings is 1. The van der Waals surface area contributed by atoms with Crippen LogP contribution in [0.5, 0.6) is 0 Å². The van der Waals surface area contributed by atoms with Crippen molar-refractivity contribution in [3.8, 4) is 0 Å². The van der Waals surface area contributed by atoms with Crippen LogP contribution in [0.1, 0.15) is 18.4 Å². The number of alkyl halides is 1. The molecule has 1 aliphatic heterocycles. The molecule has 1 aromatic carbocycles. The van der Waals surface area contributed by atoms with Crippen LogP contribution in [-0.4, -0.2) is 48.1 Å². The van der Waals surface area contributed by atoms with E-state index < -0.39 is 14.1 Å². The Morgan fingerprint density at radius 2 is 2.04 bits per heavy atom. The van der Waals surface area contributed by atoms with Gasteiger partial charge in [0.05, 0.1) is 12.0 Å². The quantitative estimate of drug-likeness (QED) is 0.407. The first-order chi connectivity index (χ1) is 11.3. The number of aliphatic hydroxyl groups excluding tert-OH is 1. The Labute approximate surface area is 156 Å². The van der Waals surface area contributed by atoms with E-state index >= 15 is 0 Å². The molecule has 1 aromatic rings. The summed E-state index contributed by atoms with van der Waals surface area (Å²) in [6.07, 6.45) is 0.713. The topological polar surface area (TPSA) is 83.9 Å². The van der Waals surface area contributed by atoms with Gasteiger partial charge in [0.2, 0.25) is 10.0 Å². The summed E-state index contributed by atoms with van der Waals surface area (Å²) in [6, 6.07) is 6.73. The zero-order valence-electron chi connectivity index (χ0n) is 13.7. The van der Waals surface area contributed by atoms with Gasteiger partial charge in [0.25, 0.3) is 0 Å². The van der Waals surface area contributed by atoms with Crippen molar-refractivity contribution >= 4 is 38.6 Å². The zero-order chi connectivity index (χ0) is 17.9. The molecule has 134 valence electrons. The predicted octanol–water partition coefficient (Wildman–Crippen LogP) is 1.94. The molecule has 0 aromatic heterocycles. The van der Waals surface area contributed by atoms with E-state index in [1.807, 2.05) is 29.5 Å². The molecule has 1 fully saturated rings. The number of carbonyl (C=O) groups excluding carboxylic acids is 1. The SMILES string of the molecule is COC(=O)CC1CCN(S(=O)(=O)c2ccc(C)cc2)CC1[C@@H](O)I. The van der Waals surface area contributed by atoms with Gasteiger partial charge >= 0.3 is 5.97 Å². The van der Waals surface area contributed by atoms with Crippen molar-refractivity contribution in [1.82, 2.24) is 4.31 Å². The molecule has 0 spiro atoms. The highest BCUT2D eigenvalue weighted by Gasteiger charge is 2.39. The van der Waals surface area contributed by atoms with E-state index in [1.54, 1.807) is 24.3 Å². The molecule has 1 aliphatic rings. The smallest absolute Gasteiger partial charge is 0.305 e. The minimum atomic E-state index is -3.60. The summed E-state index contributed by atoms with van der Waals surface area (Å²) in [5.74, 6) is -0.732. The molecule has 2 rings (SSSR count). The molecule has 6 nitrogen and oxygen atoms in total. The van der Waals surface area contributed by atoms with Crippen LogP contribution in [0.2, 0.25) is 0 Å². The summed E-state index contributed by atoms with van der Waals surface area (Å²) in [4.78, 5) is 11.8. The van der Waals surface area contributed by atoms with Gasteiger partial charge in [-0.05, 0) is 31.4 Å². The molecule has 0 amide bonds. The average Bonchev–Trinajstić information content (AvgIpc) is 2.55. The molecule has 1 saturated heterocycles. The Morgan fingerprint density at radius 1 is 1.42 bits per heavy atom. The molecule has 0 radical (unpaired) electrons. The van der Waals surface area contributed by atoms with Crippen LogP contribution in [-0.2, 0) is 19.6 Å². The van der Waals surface area contributed by atoms with Gasteiger partial charge in [-0.1, -0.05) is 40.3 Å². The summed E-state index contributed by atoms with van der Waals surface area (Å²) < 4.78 is 31.0. The molecule has 2 unspecified atom stereocenters. The Balaban J connectivity index is 2.19. The fourth-order valence-corrected chi connectivity index (χ4v) is 5.25. The van der Waals surface area contributed by atoms with Gasteiger partial charge in [0.1, 0.15) is 4.11 Å². The first-order valence-electron chi connectivity index (χ1n) is 7.71. The third-order valence-corrected chi connectivity index (χ3v) is 7.24. The van der Waals surface area contributed by atoms with Crippen LogP contribution in [0, 0.1) is 18.8 Å². The van der Waals surface area contributed by atoms with E-state index in [4.69, 9.17) is 4.74 Å². The highest BCUT2D eigenvalue weighted by molar-refractivity contribution is 14.1. The lowest BCUT2D eigenvalue weighted by Gasteiger charge is -2.38. The number of carbonyl (C=O) groups is 1. The van der Waals surface area contributed by atoms with Crippen LogP contribution in [0.4, 0.5) is 0 Å². The number of esters is 1. The van der Waals surface area contributed by atoms with Crippen molar-refractivity contribution < 1.29 is 23.1 Å². The van der Waals surface area contributed by atoms with Crippen LogP contribution in [0.3, 0.4) is 0 Å². The molecule has 3 atom stereocenters. The molecule has 0 bridgehead atoms. The number of aryl methyl sites for hydroxylation is 1. The van der Waals surface area contributed by atoms with Crippen LogP contribution in [0.25, 0.3) is 0 Å². The van der Waals surface area contributed by atoms with E-state index in [0.29, 0.717) is 13.0 Å². The first-order valence-corrected chi connectivity index (χ1v) is 10.4. The summed E-state index contributed by atoms with van der Waals surface area (Å²) in [5, 5.41) is 10.0. The van der Waals surface area contributed by atoms with Gasteiger partial charge in [-0.25, -0.2) is 8.42 Å². The van der Waals surface area contributed by atoms with Gasteiger partial charge in [-0.3, -0.25) is 4.79 Å². The lowest BCUT2D eigenvalue weighted by molar-refractivity contribution is -0.142. The first kappa shape index (κ1) is 19.6. The van der Waals surface area contributed by atoms with Crippen molar-refractivity contribution in [3.63, 3.8) is 0 Å². The number of halogens is 1. The average molecular weight is 467 g/mol. The fraction of sp³-hybridized carbons (Fsp3) is 0.562. The maximum absolute atomic E-state index is 12.8. The maximum atomic E-state index is 12.8. The van der Waals surface area contributed by atoms with Crippen molar-refractivity contribution in [2.75, 3.05) is 20.2 Å². The number of aliphatic hydroxyl groups is 1. The third kappa shape index (κ3) is 4.47. The monoisotopic (exact) mass is 467 g/mol. The van der Waals surface area contributed by atoms with Crippen molar-refractivity contribution in [2.24, 2.45) is 11.8 Å². The normalized spacial score (nSPS) is 23.7. The Morgan fingerprint density at radius 3 is 2.58 bits per heavy atom. The van der Waals surface area contributed by atoms with Crippen molar-refractivity contribution in [1.29, 1.82) is 0 Å². The highest BCUT2D eigenvalue weighted by atomic mass is 127. The molecule has 8 heteroatoms. The summed E-state index contributed by atoms with van der Waals surface area (Å²) in [6.45, 7) is 2.43.